The highest BCUT2D eigenvalue weighted by Gasteiger charge is 2.14. The van der Waals surface area contributed by atoms with Gasteiger partial charge in [-0.3, -0.25) is 9.36 Å². The lowest BCUT2D eigenvalue weighted by molar-refractivity contribution is 0.749. The lowest BCUT2D eigenvalue weighted by Gasteiger charge is -2.09. The average Bonchev–Trinajstić information content (AvgIpc) is 2.85. The van der Waals surface area contributed by atoms with Crippen molar-refractivity contribution >= 4 is 44.8 Å². The van der Waals surface area contributed by atoms with Gasteiger partial charge in [-0.25, -0.2) is 4.98 Å². The molecule has 2 aromatic heterocycles. The minimum Gasteiger partial charge on any atom is -0.278 e. The third-order valence-electron chi connectivity index (χ3n) is 3.05. The second-order valence-corrected chi connectivity index (χ2v) is 5.93. The number of benzene rings is 1. The Kier molecular flexibility index (Phi) is 3.68. The Labute approximate surface area is 133 Å². The van der Waals surface area contributed by atoms with E-state index in [9.17, 15) is 4.79 Å². The summed E-state index contributed by atoms with van der Waals surface area (Å²) < 4.78 is 1.80. The third-order valence-corrected chi connectivity index (χ3v) is 4.72. The summed E-state index contributed by atoms with van der Waals surface area (Å²) in [5.41, 5.74) is 1.38. The number of nitriles is 1. The number of aromatic nitrogens is 2. The first-order valence-electron chi connectivity index (χ1n) is 5.93. The molecule has 3 aromatic rings. The summed E-state index contributed by atoms with van der Waals surface area (Å²) >= 11 is 13.3. The van der Waals surface area contributed by atoms with Gasteiger partial charge in [0.2, 0.25) is 5.28 Å². The van der Waals surface area contributed by atoms with E-state index in [1.165, 1.54) is 15.9 Å². The molecule has 0 aliphatic heterocycles. The van der Waals surface area contributed by atoms with Gasteiger partial charge < -0.3 is 0 Å². The van der Waals surface area contributed by atoms with Crippen LogP contribution in [0, 0.1) is 11.3 Å². The summed E-state index contributed by atoms with van der Waals surface area (Å²) in [5, 5.41) is 11.2. The van der Waals surface area contributed by atoms with Gasteiger partial charge in [0, 0.05) is 5.38 Å². The molecule has 0 atom stereocenters. The van der Waals surface area contributed by atoms with E-state index in [-0.39, 0.29) is 17.4 Å². The molecule has 0 radical (unpaired) electrons. The molecule has 0 saturated carbocycles. The van der Waals surface area contributed by atoms with E-state index in [4.69, 9.17) is 28.5 Å². The molecule has 2 heterocycles. The van der Waals surface area contributed by atoms with E-state index in [2.05, 4.69) is 11.1 Å². The lowest BCUT2D eigenvalue weighted by Crippen LogP contribution is -2.22. The van der Waals surface area contributed by atoms with Gasteiger partial charge in [0.25, 0.3) is 5.56 Å². The van der Waals surface area contributed by atoms with E-state index in [1.807, 2.05) is 6.07 Å². The molecule has 7 heteroatoms. The van der Waals surface area contributed by atoms with Gasteiger partial charge >= 0.3 is 0 Å². The quantitative estimate of drug-likeness (QED) is 0.671. The fourth-order valence-corrected chi connectivity index (χ4v) is 3.38. The molecule has 0 N–H and O–H groups in total. The number of rotatable bonds is 2. The molecular weight excluding hydrogens is 329 g/mol. The van der Waals surface area contributed by atoms with Gasteiger partial charge in [0.15, 0.2) is 0 Å². The van der Waals surface area contributed by atoms with E-state index < -0.39 is 0 Å². The Morgan fingerprint density at radius 2 is 2.10 bits per heavy atom. The molecule has 0 unspecified atom stereocenters. The molecule has 4 nitrogen and oxygen atoms in total. The number of hydrogen-bond acceptors (Lipinski definition) is 4. The maximum Gasteiger partial charge on any atom is 0.272 e. The molecule has 1 aromatic carbocycles. The molecule has 0 aliphatic carbocycles. The van der Waals surface area contributed by atoms with E-state index >= 15 is 0 Å². The van der Waals surface area contributed by atoms with Gasteiger partial charge in [0.1, 0.15) is 10.2 Å². The monoisotopic (exact) mass is 335 g/mol. The third kappa shape index (κ3) is 2.42. The van der Waals surface area contributed by atoms with Crippen LogP contribution < -0.4 is 5.56 Å². The van der Waals surface area contributed by atoms with Crippen molar-refractivity contribution in [2.45, 2.75) is 6.54 Å². The molecule has 3 rings (SSSR count). The standard InChI is InChI=1S/C14H7Cl2N3OS/c15-10-7-21-12-11(10)18-14(16)19(13(12)20)6-9-4-2-1-3-8(9)5-17/h1-4,7H,6H2. The Balaban J connectivity index is 2.18. The zero-order valence-electron chi connectivity index (χ0n) is 10.5. The van der Waals surface area contributed by atoms with E-state index in [1.54, 1.807) is 23.6 Å². The summed E-state index contributed by atoms with van der Waals surface area (Å²) in [4.78, 5) is 16.6. The number of thiophene rings is 1. The van der Waals surface area contributed by atoms with Crippen molar-refractivity contribution in [3.05, 3.63) is 61.4 Å². The highest BCUT2D eigenvalue weighted by atomic mass is 35.5. The van der Waals surface area contributed by atoms with Crippen LogP contribution in [0.25, 0.3) is 10.2 Å². The Morgan fingerprint density at radius 3 is 2.86 bits per heavy atom. The van der Waals surface area contributed by atoms with Crippen LogP contribution in [0.3, 0.4) is 0 Å². The Hall–Kier alpha value is -1.87. The summed E-state index contributed by atoms with van der Waals surface area (Å²) in [6, 6.07) is 9.16. The maximum atomic E-state index is 12.5. The van der Waals surface area contributed by atoms with Gasteiger partial charge in [-0.1, -0.05) is 29.8 Å². The van der Waals surface area contributed by atoms with Crippen molar-refractivity contribution in [2.75, 3.05) is 0 Å². The van der Waals surface area contributed by atoms with Crippen LogP contribution in [-0.2, 0) is 6.54 Å². The van der Waals surface area contributed by atoms with Crippen molar-refractivity contribution < 1.29 is 0 Å². The van der Waals surface area contributed by atoms with Crippen LogP contribution in [0.5, 0.6) is 0 Å². The van der Waals surface area contributed by atoms with E-state index in [0.717, 1.165) is 0 Å². The second kappa shape index (κ2) is 5.49. The molecule has 0 amide bonds. The highest BCUT2D eigenvalue weighted by Crippen LogP contribution is 2.27. The molecule has 0 aliphatic rings. The summed E-state index contributed by atoms with van der Waals surface area (Å²) in [5.74, 6) is 0. The average molecular weight is 336 g/mol. The fourth-order valence-electron chi connectivity index (χ4n) is 2.02. The number of hydrogen-bond donors (Lipinski definition) is 0. The van der Waals surface area contributed by atoms with Crippen LogP contribution in [0.2, 0.25) is 10.3 Å². The van der Waals surface area contributed by atoms with Gasteiger partial charge in [-0.15, -0.1) is 11.3 Å². The Bertz CT molecular complexity index is 940. The van der Waals surface area contributed by atoms with Gasteiger partial charge in [0.05, 0.1) is 23.2 Å². The van der Waals surface area contributed by atoms with Crippen molar-refractivity contribution in [2.24, 2.45) is 0 Å². The molecular formula is C14H7Cl2N3OS. The van der Waals surface area contributed by atoms with Crippen LogP contribution in [0.15, 0.2) is 34.4 Å². The van der Waals surface area contributed by atoms with Crippen molar-refractivity contribution in [1.29, 1.82) is 5.26 Å². The largest absolute Gasteiger partial charge is 0.278 e. The second-order valence-electron chi connectivity index (χ2n) is 4.30. The van der Waals surface area contributed by atoms with Crippen molar-refractivity contribution in [3.8, 4) is 6.07 Å². The molecule has 104 valence electrons. The van der Waals surface area contributed by atoms with Gasteiger partial charge in [-0.2, -0.15) is 5.26 Å². The predicted octanol–water partition coefficient (Wildman–Crippen LogP) is 3.68. The molecule has 0 fully saturated rings. The number of fused-ring (bicyclic) bond motifs is 1. The van der Waals surface area contributed by atoms with Crippen LogP contribution in [0.1, 0.15) is 11.1 Å². The first-order valence-corrected chi connectivity index (χ1v) is 7.56. The molecule has 0 bridgehead atoms. The normalized spacial score (nSPS) is 10.7. The molecule has 0 saturated heterocycles. The van der Waals surface area contributed by atoms with Crippen molar-refractivity contribution in [3.63, 3.8) is 0 Å². The maximum absolute atomic E-state index is 12.5. The zero-order chi connectivity index (χ0) is 15.0. The predicted molar refractivity (Wildman–Crippen MR) is 84.2 cm³/mol. The SMILES string of the molecule is N#Cc1ccccc1Cn1c(Cl)nc2c(Cl)csc2c1=O. The first kappa shape index (κ1) is 14.1. The fraction of sp³-hybridized carbons (Fsp3) is 0.0714. The Morgan fingerprint density at radius 1 is 1.33 bits per heavy atom. The van der Waals surface area contributed by atoms with Gasteiger partial charge in [-0.05, 0) is 23.2 Å². The first-order chi connectivity index (χ1) is 10.1. The minimum absolute atomic E-state index is 0.0561. The summed E-state index contributed by atoms with van der Waals surface area (Å²) in [6.07, 6.45) is 0. The molecule has 0 spiro atoms. The summed E-state index contributed by atoms with van der Waals surface area (Å²) in [7, 11) is 0. The number of halogens is 2. The minimum atomic E-state index is -0.255. The summed E-state index contributed by atoms with van der Waals surface area (Å²) in [6.45, 7) is 0.194. The highest BCUT2D eigenvalue weighted by molar-refractivity contribution is 7.17. The smallest absolute Gasteiger partial charge is 0.272 e. The zero-order valence-corrected chi connectivity index (χ0v) is 12.8. The molecule has 21 heavy (non-hydrogen) atoms. The van der Waals surface area contributed by atoms with Crippen LogP contribution >= 0.6 is 34.5 Å². The lowest BCUT2D eigenvalue weighted by atomic mass is 10.1. The van der Waals surface area contributed by atoms with E-state index in [0.29, 0.717) is 26.4 Å². The van der Waals surface area contributed by atoms with Crippen LogP contribution in [0.4, 0.5) is 0 Å². The topological polar surface area (TPSA) is 58.7 Å². The van der Waals surface area contributed by atoms with Crippen LogP contribution in [-0.4, -0.2) is 9.55 Å². The number of nitrogens with zero attached hydrogens (tertiary/aromatic N) is 3. The van der Waals surface area contributed by atoms with Crippen molar-refractivity contribution in [1.82, 2.24) is 9.55 Å².